The van der Waals surface area contributed by atoms with Gasteiger partial charge in [0.05, 0.1) is 5.69 Å². The highest BCUT2D eigenvalue weighted by atomic mass is 32.1. The highest BCUT2D eigenvalue weighted by Gasteiger charge is 2.22. The summed E-state index contributed by atoms with van der Waals surface area (Å²) in [7, 11) is 1.89. The number of nitrogens with one attached hydrogen (secondary N) is 2. The molecule has 2 rings (SSSR count). The number of amides is 1. The van der Waals surface area contributed by atoms with E-state index >= 15 is 0 Å². The molecule has 0 bridgehead atoms. The quantitative estimate of drug-likeness (QED) is 0.806. The topological polar surface area (TPSA) is 67.6 Å². The molecule has 2 aromatic heterocycles. The molecule has 0 saturated heterocycles. The summed E-state index contributed by atoms with van der Waals surface area (Å²) in [5, 5.41) is 7.45. The molecule has 6 nitrogen and oxygen atoms in total. The van der Waals surface area contributed by atoms with Crippen LogP contribution in [-0.4, -0.2) is 31.8 Å². The summed E-state index contributed by atoms with van der Waals surface area (Å²) in [4.78, 5) is 15.4. The average molecular weight is 309 g/mol. The monoisotopic (exact) mass is 309 g/mol. The third-order valence-corrected chi connectivity index (χ3v) is 3.87. The number of fused-ring (bicyclic) bond motifs is 1. The van der Waals surface area contributed by atoms with Gasteiger partial charge in [-0.3, -0.25) is 14.0 Å². The van der Waals surface area contributed by atoms with Crippen molar-refractivity contribution < 1.29 is 4.79 Å². The molecule has 1 unspecified atom stereocenters. The van der Waals surface area contributed by atoms with Crippen molar-refractivity contribution >= 4 is 29.3 Å². The fraction of sp³-hybridized carbons (Fsp3) is 0.643. The summed E-state index contributed by atoms with van der Waals surface area (Å²) in [6, 6.07) is -0.359. The number of hydrogen-bond acceptors (Lipinski definition) is 3. The first-order valence-electron chi connectivity index (χ1n) is 7.45. The largest absolute Gasteiger partial charge is 0.354 e. The molecule has 2 aromatic rings. The lowest BCUT2D eigenvalue weighted by Gasteiger charge is -2.14. The maximum Gasteiger partial charge on any atom is 0.242 e. The number of nitrogens with zero attached hydrogens (tertiary/aromatic N) is 3. The number of imidazole rings is 1. The summed E-state index contributed by atoms with van der Waals surface area (Å²) >= 11 is 5.40. The van der Waals surface area contributed by atoms with Gasteiger partial charge < -0.3 is 10.3 Å². The van der Waals surface area contributed by atoms with Gasteiger partial charge in [0.1, 0.15) is 11.6 Å². The fourth-order valence-corrected chi connectivity index (χ4v) is 2.87. The number of H-pyrrole nitrogens is 1. The van der Waals surface area contributed by atoms with Crippen molar-refractivity contribution in [1.82, 2.24) is 24.6 Å². The van der Waals surface area contributed by atoms with E-state index in [1.165, 1.54) is 0 Å². The number of aryl methyl sites for hydroxylation is 2. The van der Waals surface area contributed by atoms with Crippen LogP contribution in [0.4, 0.5) is 0 Å². The van der Waals surface area contributed by atoms with Crippen LogP contribution < -0.4 is 5.32 Å². The van der Waals surface area contributed by atoms with Crippen LogP contribution in [0.5, 0.6) is 0 Å². The van der Waals surface area contributed by atoms with Gasteiger partial charge in [-0.1, -0.05) is 20.3 Å². The van der Waals surface area contributed by atoms with Gasteiger partial charge in [0.2, 0.25) is 5.91 Å². The van der Waals surface area contributed by atoms with E-state index in [4.69, 9.17) is 12.2 Å². The van der Waals surface area contributed by atoms with E-state index in [9.17, 15) is 4.79 Å². The zero-order chi connectivity index (χ0) is 15.6. The van der Waals surface area contributed by atoms with Crippen LogP contribution in [0.1, 0.15) is 45.3 Å². The Bertz CT molecular complexity index is 696. The van der Waals surface area contributed by atoms with Gasteiger partial charge in [-0.25, -0.2) is 0 Å². The second kappa shape index (κ2) is 6.43. The number of carbonyl (C=O) groups is 1. The number of aromatic amines is 1. The summed E-state index contributed by atoms with van der Waals surface area (Å²) in [6.45, 7) is 6.69. The van der Waals surface area contributed by atoms with E-state index < -0.39 is 0 Å². The highest BCUT2D eigenvalue weighted by molar-refractivity contribution is 7.71. The van der Waals surface area contributed by atoms with Crippen molar-refractivity contribution in [1.29, 1.82) is 0 Å². The lowest BCUT2D eigenvalue weighted by atomic mass is 10.2. The first-order valence-corrected chi connectivity index (χ1v) is 7.85. The molecule has 0 aliphatic rings. The third-order valence-electron chi connectivity index (χ3n) is 3.57. The number of carbonyl (C=O) groups excluding carboxylic acids is 1. The molecule has 2 heterocycles. The van der Waals surface area contributed by atoms with Gasteiger partial charge >= 0.3 is 0 Å². The summed E-state index contributed by atoms with van der Waals surface area (Å²) in [5.74, 6) is -0.0212. The van der Waals surface area contributed by atoms with Gasteiger partial charge in [-0.15, -0.1) is 0 Å². The van der Waals surface area contributed by atoms with E-state index in [2.05, 4.69) is 22.3 Å². The van der Waals surface area contributed by atoms with Crippen LogP contribution in [0, 0.1) is 4.77 Å². The van der Waals surface area contributed by atoms with Crippen molar-refractivity contribution in [3.05, 3.63) is 10.5 Å². The van der Waals surface area contributed by atoms with Crippen LogP contribution in [-0.2, 0) is 18.3 Å². The Morgan fingerprint density at radius 3 is 2.76 bits per heavy atom. The Morgan fingerprint density at radius 1 is 1.43 bits per heavy atom. The Morgan fingerprint density at radius 2 is 2.14 bits per heavy atom. The average Bonchev–Trinajstić information content (AvgIpc) is 2.93. The van der Waals surface area contributed by atoms with E-state index in [0.29, 0.717) is 11.3 Å². The van der Waals surface area contributed by atoms with Crippen molar-refractivity contribution in [3.63, 3.8) is 0 Å². The van der Waals surface area contributed by atoms with Gasteiger partial charge in [0.25, 0.3) is 0 Å². The minimum Gasteiger partial charge on any atom is -0.354 e. The van der Waals surface area contributed by atoms with Crippen LogP contribution in [0.15, 0.2) is 0 Å². The number of rotatable bonds is 6. The Kier molecular flexibility index (Phi) is 4.82. The second-order valence-corrected chi connectivity index (χ2v) is 5.67. The minimum absolute atomic E-state index is 0.0212. The van der Waals surface area contributed by atoms with Crippen molar-refractivity contribution in [2.24, 2.45) is 7.05 Å². The van der Waals surface area contributed by atoms with Crippen molar-refractivity contribution in [2.75, 3.05) is 6.54 Å². The van der Waals surface area contributed by atoms with Crippen LogP contribution in [0.2, 0.25) is 0 Å². The Balaban J connectivity index is 2.46. The van der Waals surface area contributed by atoms with Gasteiger partial charge in [-0.05, 0) is 32.0 Å². The van der Waals surface area contributed by atoms with Crippen LogP contribution in [0.25, 0.3) is 11.2 Å². The van der Waals surface area contributed by atoms with Gasteiger partial charge in [0, 0.05) is 13.6 Å². The van der Waals surface area contributed by atoms with Crippen LogP contribution in [0.3, 0.4) is 0 Å². The molecular weight excluding hydrogens is 286 g/mol. The lowest BCUT2D eigenvalue weighted by molar-refractivity contribution is -0.123. The molecule has 2 N–H and O–H groups in total. The zero-order valence-electron chi connectivity index (χ0n) is 13.1. The molecule has 0 aromatic carbocycles. The first kappa shape index (κ1) is 15.8. The second-order valence-electron chi connectivity index (χ2n) is 5.29. The minimum atomic E-state index is -0.359. The summed E-state index contributed by atoms with van der Waals surface area (Å²) < 4.78 is 4.22. The third kappa shape index (κ3) is 2.88. The molecule has 0 aliphatic carbocycles. The summed E-state index contributed by atoms with van der Waals surface area (Å²) in [5.41, 5.74) is 2.82. The molecule has 116 valence electrons. The van der Waals surface area contributed by atoms with Crippen molar-refractivity contribution in [3.8, 4) is 0 Å². The standard InChI is InChI=1S/C14H23N5OS/c1-5-7-10-11-13(18(4)17-10)19(14(21)16-11)9(3)12(20)15-8-6-2/h9H,5-8H2,1-4H3,(H,15,20)(H,16,21). The molecule has 7 heteroatoms. The fourth-order valence-electron chi connectivity index (χ4n) is 2.52. The number of aromatic nitrogens is 4. The molecule has 21 heavy (non-hydrogen) atoms. The maximum atomic E-state index is 12.2. The molecular formula is C14H23N5OS. The summed E-state index contributed by atoms with van der Waals surface area (Å²) in [6.07, 6.45) is 2.83. The smallest absolute Gasteiger partial charge is 0.242 e. The molecule has 0 saturated carbocycles. The van der Waals surface area contributed by atoms with E-state index in [0.717, 1.165) is 36.1 Å². The SMILES string of the molecule is CCCNC(=O)C(C)n1c(=S)[nH]c2c(CCC)nn(C)c21. The first-order chi connectivity index (χ1) is 10.0. The van der Waals surface area contributed by atoms with Gasteiger partial charge in [0.15, 0.2) is 10.4 Å². The zero-order valence-corrected chi connectivity index (χ0v) is 13.9. The predicted molar refractivity (Wildman–Crippen MR) is 85.9 cm³/mol. The van der Waals surface area contributed by atoms with Gasteiger partial charge in [-0.2, -0.15) is 5.10 Å². The van der Waals surface area contributed by atoms with E-state index in [1.54, 1.807) is 4.68 Å². The molecule has 0 aliphatic heterocycles. The van der Waals surface area contributed by atoms with Crippen LogP contribution >= 0.6 is 12.2 Å². The normalized spacial score (nSPS) is 12.8. The lowest BCUT2D eigenvalue weighted by Crippen LogP contribution is -2.31. The number of hydrogen-bond donors (Lipinski definition) is 2. The molecule has 0 spiro atoms. The Labute approximate surface area is 129 Å². The van der Waals surface area contributed by atoms with E-state index in [1.807, 2.05) is 25.5 Å². The molecule has 1 amide bonds. The Hall–Kier alpha value is -1.63. The van der Waals surface area contributed by atoms with E-state index in [-0.39, 0.29) is 11.9 Å². The van der Waals surface area contributed by atoms with Crippen molar-refractivity contribution in [2.45, 2.75) is 46.1 Å². The molecule has 1 atom stereocenters. The molecule has 0 radical (unpaired) electrons. The highest BCUT2D eigenvalue weighted by Crippen LogP contribution is 2.22. The predicted octanol–water partition coefficient (Wildman–Crippen LogP) is 2.47. The molecule has 0 fully saturated rings. The maximum absolute atomic E-state index is 12.2.